The van der Waals surface area contributed by atoms with Crippen molar-refractivity contribution in [3.8, 4) is 39.5 Å². The lowest BCUT2D eigenvalue weighted by molar-refractivity contribution is 1.08. The van der Waals surface area contributed by atoms with E-state index >= 15 is 0 Å². The molecular formula is C36H21N3. The summed E-state index contributed by atoms with van der Waals surface area (Å²) >= 11 is 0. The summed E-state index contributed by atoms with van der Waals surface area (Å²) in [4.78, 5) is 10.3. The third kappa shape index (κ3) is 2.76. The van der Waals surface area contributed by atoms with Gasteiger partial charge < -0.3 is 0 Å². The molecule has 0 unspecified atom stereocenters. The molecule has 0 saturated heterocycles. The highest BCUT2D eigenvalue weighted by Gasteiger charge is 2.26. The van der Waals surface area contributed by atoms with Crippen LogP contribution in [0.2, 0.25) is 0 Å². The van der Waals surface area contributed by atoms with Crippen LogP contribution < -0.4 is 0 Å². The smallest absolute Gasteiger partial charge is 0.162 e. The molecule has 0 aliphatic heterocycles. The average molecular weight is 496 g/mol. The zero-order valence-electron chi connectivity index (χ0n) is 21.0. The highest BCUT2D eigenvalue weighted by Crippen LogP contribution is 2.51. The fourth-order valence-electron chi connectivity index (χ4n) is 6.49. The third-order valence-electron chi connectivity index (χ3n) is 8.13. The summed E-state index contributed by atoms with van der Waals surface area (Å²) in [6.45, 7) is 0. The summed E-state index contributed by atoms with van der Waals surface area (Å²) in [7, 11) is 0. The number of hydrogen-bond acceptors (Lipinski definition) is 2. The quantitative estimate of drug-likeness (QED) is 0.239. The Morgan fingerprint density at radius 1 is 0.462 bits per heavy atom. The van der Waals surface area contributed by atoms with E-state index in [1.54, 1.807) is 0 Å². The molecular weight excluding hydrogens is 474 g/mol. The molecule has 39 heavy (non-hydrogen) atoms. The maximum atomic E-state index is 5.27. The minimum Gasteiger partial charge on any atom is -0.293 e. The SMILES string of the molecule is c1ccc(-c2nc(-n3c4ccccc4c4cc5c6c(cccc6c43)-c3ccccc3-5)c3ccccc3n2)cc1. The van der Waals surface area contributed by atoms with Crippen LogP contribution >= 0.6 is 0 Å². The van der Waals surface area contributed by atoms with Crippen LogP contribution in [0.15, 0.2) is 127 Å². The summed E-state index contributed by atoms with van der Waals surface area (Å²) < 4.78 is 2.37. The van der Waals surface area contributed by atoms with E-state index in [-0.39, 0.29) is 0 Å². The molecule has 180 valence electrons. The number of benzene rings is 6. The Hall–Kier alpha value is -5.28. The van der Waals surface area contributed by atoms with Crippen molar-refractivity contribution in [1.82, 2.24) is 14.5 Å². The molecule has 0 atom stereocenters. The van der Waals surface area contributed by atoms with Crippen molar-refractivity contribution in [3.05, 3.63) is 127 Å². The van der Waals surface area contributed by atoms with E-state index < -0.39 is 0 Å². The second kappa shape index (κ2) is 7.62. The largest absolute Gasteiger partial charge is 0.293 e. The van der Waals surface area contributed by atoms with Gasteiger partial charge in [0.25, 0.3) is 0 Å². The van der Waals surface area contributed by atoms with E-state index in [9.17, 15) is 0 Å². The van der Waals surface area contributed by atoms with Crippen molar-refractivity contribution in [3.63, 3.8) is 0 Å². The summed E-state index contributed by atoms with van der Waals surface area (Å²) in [5, 5.41) is 6.06. The highest BCUT2D eigenvalue weighted by atomic mass is 15.1. The molecule has 9 rings (SSSR count). The molecule has 3 nitrogen and oxygen atoms in total. The van der Waals surface area contributed by atoms with Gasteiger partial charge in [-0.05, 0) is 51.9 Å². The van der Waals surface area contributed by atoms with Crippen LogP contribution in [0.5, 0.6) is 0 Å². The summed E-state index contributed by atoms with van der Waals surface area (Å²) in [6, 6.07) is 45.2. The lowest BCUT2D eigenvalue weighted by Crippen LogP contribution is -2.03. The maximum absolute atomic E-state index is 5.27. The fraction of sp³-hybridized carbons (Fsp3) is 0. The number of para-hydroxylation sites is 2. The first-order valence-corrected chi connectivity index (χ1v) is 13.3. The summed E-state index contributed by atoms with van der Waals surface area (Å²) in [5.41, 5.74) is 9.50. The standard InChI is InChI=1S/C36H21N3/c1-2-11-22(12-3-1)35-37-31-19-8-6-16-27(31)36(38-35)39-32-20-9-7-15-25(32)30-21-29-24-14-5-4-13-23(24)26-17-10-18-28(33(26)29)34(30)39/h1-21H. The molecule has 2 heterocycles. The van der Waals surface area contributed by atoms with Gasteiger partial charge >= 0.3 is 0 Å². The van der Waals surface area contributed by atoms with Crippen LogP contribution in [0.3, 0.4) is 0 Å². The molecule has 0 N–H and O–H groups in total. The van der Waals surface area contributed by atoms with E-state index in [1.165, 1.54) is 49.3 Å². The van der Waals surface area contributed by atoms with Crippen molar-refractivity contribution >= 4 is 43.5 Å². The van der Waals surface area contributed by atoms with Crippen LogP contribution in [0, 0.1) is 0 Å². The second-order valence-electron chi connectivity index (χ2n) is 10.2. The van der Waals surface area contributed by atoms with Gasteiger partial charge in [0, 0.05) is 27.1 Å². The molecule has 8 aromatic rings. The molecule has 1 aliphatic carbocycles. The minimum atomic E-state index is 0.730. The lowest BCUT2D eigenvalue weighted by Gasteiger charge is -2.14. The van der Waals surface area contributed by atoms with Gasteiger partial charge in [-0.2, -0.15) is 0 Å². The highest BCUT2D eigenvalue weighted by molar-refractivity contribution is 6.27. The van der Waals surface area contributed by atoms with Crippen LogP contribution in [0.1, 0.15) is 0 Å². The Labute approximate surface area is 224 Å². The van der Waals surface area contributed by atoms with Crippen molar-refractivity contribution in [2.45, 2.75) is 0 Å². The van der Waals surface area contributed by atoms with E-state index in [0.717, 1.165) is 33.6 Å². The zero-order chi connectivity index (χ0) is 25.5. The van der Waals surface area contributed by atoms with Crippen molar-refractivity contribution in [1.29, 1.82) is 0 Å². The molecule has 0 amide bonds. The van der Waals surface area contributed by atoms with Gasteiger partial charge in [-0.3, -0.25) is 4.57 Å². The molecule has 2 aromatic heterocycles. The van der Waals surface area contributed by atoms with Crippen molar-refractivity contribution in [2.75, 3.05) is 0 Å². The number of rotatable bonds is 2. The van der Waals surface area contributed by atoms with Crippen molar-refractivity contribution < 1.29 is 0 Å². The number of aromatic nitrogens is 3. The Kier molecular flexibility index (Phi) is 4.05. The van der Waals surface area contributed by atoms with Gasteiger partial charge in [-0.1, -0.05) is 103 Å². The van der Waals surface area contributed by atoms with Crippen LogP contribution in [0.4, 0.5) is 0 Å². The topological polar surface area (TPSA) is 30.7 Å². The maximum Gasteiger partial charge on any atom is 0.162 e. The number of hydrogen-bond donors (Lipinski definition) is 0. The summed E-state index contributed by atoms with van der Waals surface area (Å²) in [6.07, 6.45) is 0. The van der Waals surface area contributed by atoms with Crippen LogP contribution in [-0.4, -0.2) is 14.5 Å². The number of nitrogens with zero attached hydrogens (tertiary/aromatic N) is 3. The van der Waals surface area contributed by atoms with E-state index in [2.05, 4.69) is 108 Å². The predicted molar refractivity (Wildman–Crippen MR) is 161 cm³/mol. The normalized spacial score (nSPS) is 12.1. The Morgan fingerprint density at radius 2 is 1.13 bits per heavy atom. The molecule has 1 aliphatic rings. The second-order valence-corrected chi connectivity index (χ2v) is 10.2. The Morgan fingerprint density at radius 3 is 2.00 bits per heavy atom. The molecule has 0 spiro atoms. The Balaban J connectivity index is 1.50. The van der Waals surface area contributed by atoms with Crippen LogP contribution in [0.25, 0.3) is 82.9 Å². The van der Waals surface area contributed by atoms with Gasteiger partial charge in [-0.15, -0.1) is 0 Å². The van der Waals surface area contributed by atoms with Gasteiger partial charge in [0.1, 0.15) is 5.82 Å². The fourth-order valence-corrected chi connectivity index (χ4v) is 6.49. The van der Waals surface area contributed by atoms with E-state index in [4.69, 9.17) is 9.97 Å². The van der Waals surface area contributed by atoms with Gasteiger partial charge in [-0.25, -0.2) is 9.97 Å². The first-order chi connectivity index (χ1) is 19.4. The van der Waals surface area contributed by atoms with E-state index in [0.29, 0.717) is 0 Å². The molecule has 0 bridgehead atoms. The molecule has 0 radical (unpaired) electrons. The minimum absolute atomic E-state index is 0.730. The predicted octanol–water partition coefficient (Wildman–Crippen LogP) is 9.19. The van der Waals surface area contributed by atoms with Crippen molar-refractivity contribution in [2.24, 2.45) is 0 Å². The first-order valence-electron chi connectivity index (χ1n) is 13.3. The third-order valence-corrected chi connectivity index (χ3v) is 8.13. The number of fused-ring (bicyclic) bond motifs is 8. The Bertz CT molecular complexity index is 2280. The first kappa shape index (κ1) is 20.7. The molecule has 3 heteroatoms. The molecule has 0 saturated carbocycles. The van der Waals surface area contributed by atoms with Crippen LogP contribution in [-0.2, 0) is 0 Å². The molecule has 0 fully saturated rings. The average Bonchev–Trinajstić information content (AvgIpc) is 3.51. The monoisotopic (exact) mass is 495 g/mol. The van der Waals surface area contributed by atoms with E-state index in [1.807, 2.05) is 24.3 Å². The van der Waals surface area contributed by atoms with Gasteiger partial charge in [0.2, 0.25) is 0 Å². The lowest BCUT2D eigenvalue weighted by atomic mass is 9.99. The van der Waals surface area contributed by atoms with Gasteiger partial charge in [0.15, 0.2) is 5.82 Å². The molecule has 6 aromatic carbocycles. The summed E-state index contributed by atoms with van der Waals surface area (Å²) in [5.74, 6) is 1.63. The van der Waals surface area contributed by atoms with Gasteiger partial charge in [0.05, 0.1) is 16.6 Å². The zero-order valence-corrected chi connectivity index (χ0v) is 21.0.